The fourth-order valence-electron chi connectivity index (χ4n) is 4.07. The highest BCUT2D eigenvalue weighted by Crippen LogP contribution is 2.33. The van der Waals surface area contributed by atoms with Gasteiger partial charge in [0.1, 0.15) is 22.9 Å². The highest BCUT2D eigenvalue weighted by Gasteiger charge is 2.35. The minimum Gasteiger partial charge on any atom is -0.450 e. The van der Waals surface area contributed by atoms with E-state index in [0.29, 0.717) is 13.0 Å². The molecule has 1 aromatic rings. The largest absolute Gasteiger partial charge is 0.450 e. The molecule has 0 bridgehead atoms. The van der Waals surface area contributed by atoms with Crippen LogP contribution >= 0.6 is 0 Å². The molecule has 9 nitrogen and oxygen atoms in total. The number of carbonyl (C=O) groups excluding carboxylic acids is 3. The minimum absolute atomic E-state index is 0.0286. The Morgan fingerprint density at radius 1 is 1.09 bits per heavy atom. The summed E-state index contributed by atoms with van der Waals surface area (Å²) in [5, 5.41) is 2.48. The van der Waals surface area contributed by atoms with Gasteiger partial charge < -0.3 is 29.5 Å². The molecular formula is C23H32F2N4O5. The van der Waals surface area contributed by atoms with Crippen molar-refractivity contribution in [2.45, 2.75) is 45.6 Å². The zero-order valence-corrected chi connectivity index (χ0v) is 20.0. The average molecular weight is 483 g/mol. The number of alkyl carbamates (subject to hydrolysis) is 1. The van der Waals surface area contributed by atoms with Crippen LogP contribution in [-0.4, -0.2) is 79.5 Å². The molecule has 2 saturated heterocycles. The summed E-state index contributed by atoms with van der Waals surface area (Å²) in [6.07, 6.45) is -0.701. The van der Waals surface area contributed by atoms with E-state index in [9.17, 15) is 14.4 Å². The predicted octanol–water partition coefficient (Wildman–Crippen LogP) is 3.04. The van der Waals surface area contributed by atoms with Gasteiger partial charge in [0.25, 0.3) is 0 Å². The molecule has 2 fully saturated rings. The van der Waals surface area contributed by atoms with E-state index in [2.05, 4.69) is 5.32 Å². The molecule has 2 aliphatic heterocycles. The second-order valence-corrected chi connectivity index (χ2v) is 9.29. The number of amides is 3. The number of likely N-dealkylation sites (tertiary alicyclic amines) is 1. The van der Waals surface area contributed by atoms with Crippen molar-refractivity contribution in [3.05, 3.63) is 29.3 Å². The maximum Gasteiger partial charge on any atom is 0.410 e. The van der Waals surface area contributed by atoms with Gasteiger partial charge in [-0.1, -0.05) is 0 Å². The Bertz CT molecular complexity index is 905. The van der Waals surface area contributed by atoms with E-state index >= 15 is 8.78 Å². The van der Waals surface area contributed by atoms with Gasteiger partial charge in [-0.25, -0.2) is 18.4 Å². The van der Waals surface area contributed by atoms with Crippen LogP contribution in [0.25, 0.3) is 0 Å². The molecule has 0 aromatic heterocycles. The normalized spacial score (nSPS) is 18.8. The molecule has 0 aliphatic carbocycles. The first-order valence-corrected chi connectivity index (χ1v) is 11.4. The van der Waals surface area contributed by atoms with Gasteiger partial charge in [-0.3, -0.25) is 4.79 Å². The Balaban J connectivity index is 1.63. The second kappa shape index (κ2) is 10.4. The Morgan fingerprint density at radius 2 is 1.71 bits per heavy atom. The Kier molecular flexibility index (Phi) is 7.83. The first-order chi connectivity index (χ1) is 16.0. The maximum atomic E-state index is 15.0. The number of hydrogen-bond donors (Lipinski definition) is 1. The number of nitrogens with zero attached hydrogens (tertiary/aromatic N) is 3. The van der Waals surface area contributed by atoms with E-state index in [4.69, 9.17) is 9.47 Å². The smallest absolute Gasteiger partial charge is 0.410 e. The van der Waals surface area contributed by atoms with Crippen LogP contribution in [0.3, 0.4) is 0 Å². The highest BCUT2D eigenvalue weighted by molar-refractivity contribution is 5.86. The van der Waals surface area contributed by atoms with E-state index in [0.717, 1.165) is 0 Å². The molecule has 1 N–H and O–H groups in total. The summed E-state index contributed by atoms with van der Waals surface area (Å²) in [5.41, 5.74) is -0.529. The van der Waals surface area contributed by atoms with Crippen molar-refractivity contribution in [2.24, 2.45) is 0 Å². The monoisotopic (exact) mass is 482 g/mol. The summed E-state index contributed by atoms with van der Waals surface area (Å²) in [5.74, 6) is -2.51. The molecule has 2 aliphatic rings. The third-order valence-electron chi connectivity index (χ3n) is 5.68. The minimum atomic E-state index is -0.753. The van der Waals surface area contributed by atoms with Crippen LogP contribution in [0, 0.1) is 11.6 Å². The summed E-state index contributed by atoms with van der Waals surface area (Å²) >= 11 is 0. The summed E-state index contributed by atoms with van der Waals surface area (Å²) in [6, 6.07) is 2.40. The van der Waals surface area contributed by atoms with Crippen molar-refractivity contribution in [3.8, 4) is 0 Å². The molecule has 0 spiro atoms. The number of halogens is 2. The van der Waals surface area contributed by atoms with Gasteiger partial charge in [0.2, 0.25) is 5.91 Å². The summed E-state index contributed by atoms with van der Waals surface area (Å²) in [7, 11) is 0. The molecule has 0 unspecified atom stereocenters. The number of carbonyl (C=O) groups is 3. The van der Waals surface area contributed by atoms with Crippen molar-refractivity contribution >= 4 is 23.8 Å². The number of nitrogens with one attached hydrogen (secondary N) is 1. The van der Waals surface area contributed by atoms with Crippen LogP contribution in [0.5, 0.6) is 0 Å². The van der Waals surface area contributed by atoms with Gasteiger partial charge in [-0.05, 0) is 51.8 Å². The van der Waals surface area contributed by atoms with Crippen molar-refractivity contribution in [2.75, 3.05) is 50.9 Å². The van der Waals surface area contributed by atoms with Crippen LogP contribution in [-0.2, 0) is 14.3 Å². The Hall–Kier alpha value is -3.11. The summed E-state index contributed by atoms with van der Waals surface area (Å²) in [6.45, 7) is 8.60. The third kappa shape index (κ3) is 6.06. The molecule has 11 heteroatoms. The van der Waals surface area contributed by atoms with Gasteiger partial charge in [0.05, 0.1) is 19.2 Å². The topological polar surface area (TPSA) is 91.4 Å². The maximum absolute atomic E-state index is 15.0. The predicted molar refractivity (Wildman–Crippen MR) is 120 cm³/mol. The zero-order valence-electron chi connectivity index (χ0n) is 20.0. The third-order valence-corrected chi connectivity index (χ3v) is 5.68. The number of anilines is 1. The summed E-state index contributed by atoms with van der Waals surface area (Å²) in [4.78, 5) is 40.9. The Labute approximate surface area is 197 Å². The number of rotatable bonds is 5. The van der Waals surface area contributed by atoms with E-state index in [1.807, 2.05) is 0 Å². The number of hydrogen-bond acceptors (Lipinski definition) is 6. The lowest BCUT2D eigenvalue weighted by molar-refractivity contribution is -0.129. The lowest BCUT2D eigenvalue weighted by atomic mass is 9.96. The Morgan fingerprint density at radius 3 is 2.26 bits per heavy atom. The average Bonchev–Trinajstić information content (AvgIpc) is 3.11. The molecule has 0 radical (unpaired) electrons. The van der Waals surface area contributed by atoms with Crippen molar-refractivity contribution in [1.29, 1.82) is 0 Å². The van der Waals surface area contributed by atoms with Gasteiger partial charge in [0.15, 0.2) is 0 Å². The standard InChI is InChI=1S/C23H32F2N4O5/c1-5-33-21(31)26-14-29-7-6-16(20(29)30)15-12-17(24)19(18(25)13-15)27-8-10-28(11-9-27)22(32)34-23(2,3)4/h12-13,16H,5-11,14H2,1-4H3,(H,26,31)/t16-/m0/s1. The molecule has 34 heavy (non-hydrogen) atoms. The molecule has 1 aromatic carbocycles. The molecular weight excluding hydrogens is 450 g/mol. The SMILES string of the molecule is CCOC(=O)NCN1CC[C@@H](c2cc(F)c(N3CCN(C(=O)OC(C)(C)C)CC3)c(F)c2)C1=O. The van der Waals surface area contributed by atoms with Crippen LogP contribution < -0.4 is 10.2 Å². The van der Waals surface area contributed by atoms with Crippen LogP contribution in [0.15, 0.2) is 12.1 Å². The van der Waals surface area contributed by atoms with E-state index < -0.39 is 35.3 Å². The van der Waals surface area contributed by atoms with Crippen molar-refractivity contribution in [3.63, 3.8) is 0 Å². The quantitative estimate of drug-likeness (QED) is 0.694. The number of benzene rings is 1. The van der Waals surface area contributed by atoms with Crippen LogP contribution in [0.2, 0.25) is 0 Å². The van der Waals surface area contributed by atoms with Crippen LogP contribution in [0.4, 0.5) is 24.1 Å². The zero-order chi connectivity index (χ0) is 25.0. The fourth-order valence-corrected chi connectivity index (χ4v) is 4.07. The van der Waals surface area contributed by atoms with Crippen molar-refractivity contribution in [1.82, 2.24) is 15.1 Å². The second-order valence-electron chi connectivity index (χ2n) is 9.29. The van der Waals surface area contributed by atoms with Crippen LogP contribution in [0.1, 0.15) is 45.6 Å². The fraction of sp³-hybridized carbons (Fsp3) is 0.609. The van der Waals surface area contributed by atoms with Crippen molar-refractivity contribution < 1.29 is 32.6 Å². The lowest BCUT2D eigenvalue weighted by Crippen LogP contribution is -2.50. The van der Waals surface area contributed by atoms with Gasteiger partial charge in [0, 0.05) is 32.7 Å². The molecule has 3 amide bonds. The first kappa shape index (κ1) is 25.5. The molecule has 188 valence electrons. The molecule has 1 atom stereocenters. The molecule has 2 heterocycles. The first-order valence-electron chi connectivity index (χ1n) is 11.4. The number of piperazine rings is 1. The van der Waals surface area contributed by atoms with E-state index in [1.165, 1.54) is 21.9 Å². The number of ether oxygens (including phenoxy) is 2. The van der Waals surface area contributed by atoms with Gasteiger partial charge in [-0.15, -0.1) is 0 Å². The highest BCUT2D eigenvalue weighted by atomic mass is 19.1. The molecule has 3 rings (SSSR count). The van der Waals surface area contributed by atoms with Gasteiger partial charge >= 0.3 is 12.2 Å². The molecule has 0 saturated carbocycles. The van der Waals surface area contributed by atoms with Gasteiger partial charge in [-0.2, -0.15) is 0 Å². The lowest BCUT2D eigenvalue weighted by Gasteiger charge is -2.37. The van der Waals surface area contributed by atoms with E-state index in [-0.39, 0.29) is 56.6 Å². The summed E-state index contributed by atoms with van der Waals surface area (Å²) < 4.78 is 40.1. The van der Waals surface area contributed by atoms with E-state index in [1.54, 1.807) is 32.6 Å².